The zero-order chi connectivity index (χ0) is 13.7. The van der Waals surface area contributed by atoms with Gasteiger partial charge in [0.05, 0.1) is 6.61 Å². The van der Waals surface area contributed by atoms with Crippen LogP contribution in [0.4, 0.5) is 5.88 Å². The normalized spacial score (nSPS) is 10.4. The Morgan fingerprint density at radius 2 is 1.95 bits per heavy atom. The maximum atomic E-state index is 11.2. The Hall–Kier alpha value is -2.07. The number of Topliss-reactive ketones (excluding diaryl/α,β-unsaturated/α-hetero) is 1. The first-order valence-electron chi connectivity index (χ1n) is 6.21. The molecule has 0 bridgehead atoms. The summed E-state index contributed by atoms with van der Waals surface area (Å²) in [6.45, 7) is 2.59. The lowest BCUT2D eigenvalue weighted by Gasteiger charge is -2.20. The lowest BCUT2D eigenvalue weighted by molar-refractivity contribution is 0.0987. The zero-order valence-electron chi connectivity index (χ0n) is 10.9. The van der Waals surface area contributed by atoms with E-state index in [1.165, 1.54) is 6.92 Å². The molecule has 1 aromatic heterocycles. The largest absolute Gasteiger partial charge is 0.437 e. The van der Waals surface area contributed by atoms with Gasteiger partial charge in [-0.2, -0.15) is 0 Å². The Kier molecular flexibility index (Phi) is 4.36. The predicted molar refractivity (Wildman–Crippen MR) is 73.3 cm³/mol. The summed E-state index contributed by atoms with van der Waals surface area (Å²) in [6.07, 6.45) is 0. The molecule has 4 nitrogen and oxygen atoms in total. The zero-order valence-corrected chi connectivity index (χ0v) is 10.9. The van der Waals surface area contributed by atoms with Gasteiger partial charge in [-0.1, -0.05) is 30.3 Å². The van der Waals surface area contributed by atoms with Crippen LogP contribution in [0.5, 0.6) is 0 Å². The van der Waals surface area contributed by atoms with Gasteiger partial charge in [0, 0.05) is 26.1 Å². The molecule has 4 heteroatoms. The van der Waals surface area contributed by atoms with Gasteiger partial charge < -0.3 is 14.4 Å². The number of rotatable bonds is 6. The lowest BCUT2D eigenvalue weighted by Crippen LogP contribution is -2.25. The fraction of sp³-hybridized carbons (Fsp3) is 0.267. The van der Waals surface area contributed by atoms with Gasteiger partial charge in [-0.3, -0.25) is 4.79 Å². The molecule has 0 saturated carbocycles. The molecule has 0 unspecified atom stereocenters. The summed E-state index contributed by atoms with van der Waals surface area (Å²) in [5, 5.41) is 9.14. The first kappa shape index (κ1) is 13.4. The van der Waals surface area contributed by atoms with Crippen LogP contribution in [-0.2, 0) is 6.54 Å². The smallest absolute Gasteiger partial charge is 0.196 e. The van der Waals surface area contributed by atoms with Gasteiger partial charge >= 0.3 is 0 Å². The number of furan rings is 1. The molecule has 19 heavy (non-hydrogen) atoms. The van der Waals surface area contributed by atoms with Gasteiger partial charge in [0.25, 0.3) is 0 Å². The number of carbonyl (C=O) groups is 1. The van der Waals surface area contributed by atoms with Gasteiger partial charge in [0.1, 0.15) is 0 Å². The van der Waals surface area contributed by atoms with Crippen molar-refractivity contribution in [1.29, 1.82) is 0 Å². The summed E-state index contributed by atoms with van der Waals surface area (Å²) < 4.78 is 5.50. The molecule has 2 aromatic rings. The van der Waals surface area contributed by atoms with Gasteiger partial charge in [-0.05, 0) is 11.6 Å². The third-order valence-electron chi connectivity index (χ3n) is 2.84. The third-order valence-corrected chi connectivity index (χ3v) is 2.84. The predicted octanol–water partition coefficient (Wildman–Crippen LogP) is 2.48. The molecule has 0 atom stereocenters. The van der Waals surface area contributed by atoms with E-state index in [1.54, 1.807) is 12.1 Å². The lowest BCUT2D eigenvalue weighted by atomic mass is 10.2. The highest BCUT2D eigenvalue weighted by Gasteiger charge is 2.13. The number of nitrogens with zero attached hydrogens (tertiary/aromatic N) is 1. The van der Waals surface area contributed by atoms with Gasteiger partial charge in [0.15, 0.2) is 17.4 Å². The molecule has 1 aromatic carbocycles. The fourth-order valence-electron chi connectivity index (χ4n) is 1.88. The molecule has 0 amide bonds. The van der Waals surface area contributed by atoms with Crippen LogP contribution in [0.2, 0.25) is 0 Å². The first-order chi connectivity index (χ1) is 9.20. The second kappa shape index (κ2) is 6.20. The second-order valence-corrected chi connectivity index (χ2v) is 4.32. The summed E-state index contributed by atoms with van der Waals surface area (Å²) in [5.74, 6) is 0.837. The fourth-order valence-corrected chi connectivity index (χ4v) is 1.88. The van der Waals surface area contributed by atoms with E-state index in [1.807, 2.05) is 35.2 Å². The molecule has 0 aliphatic heterocycles. The van der Waals surface area contributed by atoms with Gasteiger partial charge in [-0.15, -0.1) is 0 Å². The summed E-state index contributed by atoms with van der Waals surface area (Å²) in [4.78, 5) is 13.1. The van der Waals surface area contributed by atoms with Crippen molar-refractivity contribution in [2.24, 2.45) is 0 Å². The van der Waals surface area contributed by atoms with E-state index in [2.05, 4.69) is 0 Å². The molecular formula is C15H17NO3. The first-order valence-corrected chi connectivity index (χ1v) is 6.21. The standard InChI is InChI=1S/C15H17NO3/c1-12(18)14-7-8-15(19-14)16(9-10-17)11-13-5-3-2-4-6-13/h2-8,17H,9-11H2,1H3. The number of carbonyl (C=O) groups excluding carboxylic acids is 1. The molecule has 1 N–H and O–H groups in total. The van der Waals surface area contributed by atoms with Crippen molar-refractivity contribution in [2.75, 3.05) is 18.1 Å². The Morgan fingerprint density at radius 3 is 2.53 bits per heavy atom. The number of aliphatic hydroxyl groups is 1. The van der Waals surface area contributed by atoms with Crippen LogP contribution in [0, 0.1) is 0 Å². The van der Waals surface area contributed by atoms with E-state index < -0.39 is 0 Å². The highest BCUT2D eigenvalue weighted by molar-refractivity contribution is 5.91. The van der Waals surface area contributed by atoms with E-state index in [0.717, 1.165) is 5.56 Å². The van der Waals surface area contributed by atoms with E-state index >= 15 is 0 Å². The maximum absolute atomic E-state index is 11.2. The third kappa shape index (κ3) is 3.45. The number of hydrogen-bond acceptors (Lipinski definition) is 4. The molecule has 2 rings (SSSR count). The molecule has 1 heterocycles. The minimum absolute atomic E-state index is 0.0307. The SMILES string of the molecule is CC(=O)c1ccc(N(CCO)Cc2ccccc2)o1. The van der Waals surface area contributed by atoms with Crippen LogP contribution in [0.25, 0.3) is 0 Å². The van der Waals surface area contributed by atoms with Crippen LogP contribution in [0.3, 0.4) is 0 Å². The van der Waals surface area contributed by atoms with Crippen LogP contribution >= 0.6 is 0 Å². The van der Waals surface area contributed by atoms with Crippen LogP contribution in [0.15, 0.2) is 46.9 Å². The van der Waals surface area contributed by atoms with Crippen molar-refractivity contribution in [3.05, 3.63) is 53.8 Å². The van der Waals surface area contributed by atoms with E-state index in [4.69, 9.17) is 9.52 Å². The Bertz CT molecular complexity index is 533. The van der Waals surface area contributed by atoms with E-state index in [9.17, 15) is 4.79 Å². The van der Waals surface area contributed by atoms with Crippen molar-refractivity contribution in [1.82, 2.24) is 0 Å². The van der Waals surface area contributed by atoms with Gasteiger partial charge in [-0.25, -0.2) is 0 Å². The molecule has 0 saturated heterocycles. The van der Waals surface area contributed by atoms with Crippen molar-refractivity contribution >= 4 is 11.7 Å². The highest BCUT2D eigenvalue weighted by Crippen LogP contribution is 2.20. The number of benzene rings is 1. The average molecular weight is 259 g/mol. The minimum Gasteiger partial charge on any atom is -0.437 e. The minimum atomic E-state index is -0.102. The molecule has 0 fully saturated rings. The molecule has 100 valence electrons. The summed E-state index contributed by atoms with van der Waals surface area (Å²) in [5.41, 5.74) is 1.12. The molecular weight excluding hydrogens is 242 g/mol. The molecule has 0 aliphatic rings. The maximum Gasteiger partial charge on any atom is 0.196 e. The Labute approximate surface area is 112 Å². The van der Waals surface area contributed by atoms with E-state index in [-0.39, 0.29) is 12.4 Å². The molecule has 0 radical (unpaired) electrons. The summed E-state index contributed by atoms with van der Waals surface area (Å²) in [6, 6.07) is 13.3. The highest BCUT2D eigenvalue weighted by atomic mass is 16.4. The van der Waals surface area contributed by atoms with E-state index in [0.29, 0.717) is 24.7 Å². The number of hydrogen-bond donors (Lipinski definition) is 1. The van der Waals surface area contributed by atoms with Crippen molar-refractivity contribution in [3.63, 3.8) is 0 Å². The molecule has 0 aliphatic carbocycles. The van der Waals surface area contributed by atoms with Crippen LogP contribution in [-0.4, -0.2) is 24.0 Å². The monoisotopic (exact) mass is 259 g/mol. The van der Waals surface area contributed by atoms with Crippen LogP contribution in [0.1, 0.15) is 23.0 Å². The van der Waals surface area contributed by atoms with Crippen LogP contribution < -0.4 is 4.90 Å². The quantitative estimate of drug-likeness (QED) is 0.810. The molecule has 0 spiro atoms. The number of anilines is 1. The Morgan fingerprint density at radius 1 is 1.21 bits per heavy atom. The van der Waals surface area contributed by atoms with Crippen molar-refractivity contribution in [2.45, 2.75) is 13.5 Å². The number of ketones is 1. The van der Waals surface area contributed by atoms with Crippen molar-refractivity contribution in [3.8, 4) is 0 Å². The average Bonchev–Trinajstić information content (AvgIpc) is 2.89. The second-order valence-electron chi connectivity index (χ2n) is 4.32. The topological polar surface area (TPSA) is 53.7 Å². The Balaban J connectivity index is 2.17. The number of aliphatic hydroxyl groups excluding tert-OH is 1. The van der Waals surface area contributed by atoms with Crippen molar-refractivity contribution < 1.29 is 14.3 Å². The van der Waals surface area contributed by atoms with Gasteiger partial charge in [0.2, 0.25) is 0 Å². The summed E-state index contributed by atoms with van der Waals surface area (Å²) >= 11 is 0. The summed E-state index contributed by atoms with van der Waals surface area (Å²) in [7, 11) is 0.